The van der Waals surface area contributed by atoms with Gasteiger partial charge in [0, 0.05) is 25.0 Å². The van der Waals surface area contributed by atoms with Gasteiger partial charge in [0.05, 0.1) is 12.7 Å². The summed E-state index contributed by atoms with van der Waals surface area (Å²) in [6, 6.07) is 0. The molecule has 0 bridgehead atoms. The molecule has 0 aromatic heterocycles. The lowest BCUT2D eigenvalue weighted by Crippen LogP contribution is -2.76. The van der Waals surface area contributed by atoms with Crippen LogP contribution in [0.1, 0.15) is 40.0 Å². The first-order chi connectivity index (χ1) is 8.43. The van der Waals surface area contributed by atoms with Crippen molar-refractivity contribution in [1.82, 2.24) is 5.06 Å². The van der Waals surface area contributed by atoms with E-state index in [9.17, 15) is 4.79 Å². The average molecular weight is 256 g/mol. The lowest BCUT2D eigenvalue weighted by molar-refractivity contribution is -0.225. The Morgan fingerprint density at radius 3 is 2.72 bits per heavy atom. The SMILES string of the molecule is CCOC1CC(N)(C(=O)N2CCCCO2)C1(C)C. The van der Waals surface area contributed by atoms with Crippen molar-refractivity contribution in [2.45, 2.75) is 51.7 Å². The van der Waals surface area contributed by atoms with Crippen molar-refractivity contribution in [3.63, 3.8) is 0 Å². The number of carbonyl (C=O) groups is 1. The summed E-state index contributed by atoms with van der Waals surface area (Å²) in [6.45, 7) is 7.86. The molecule has 1 heterocycles. The summed E-state index contributed by atoms with van der Waals surface area (Å²) in [5.41, 5.74) is 5.12. The van der Waals surface area contributed by atoms with E-state index < -0.39 is 5.54 Å². The molecule has 18 heavy (non-hydrogen) atoms. The standard InChI is InChI=1S/C13H24N2O3/c1-4-17-10-9-13(14,12(10,2)3)11(16)15-7-5-6-8-18-15/h10H,4-9,14H2,1-3H3. The van der Waals surface area contributed by atoms with Gasteiger partial charge in [-0.25, -0.2) is 5.06 Å². The van der Waals surface area contributed by atoms with Crippen molar-refractivity contribution in [1.29, 1.82) is 0 Å². The molecule has 1 aliphatic heterocycles. The summed E-state index contributed by atoms with van der Waals surface area (Å²) in [5.74, 6) is -0.0943. The Balaban J connectivity index is 2.05. The third kappa shape index (κ3) is 1.94. The van der Waals surface area contributed by atoms with Gasteiger partial charge in [0.1, 0.15) is 5.54 Å². The second-order valence-electron chi connectivity index (χ2n) is 5.79. The Morgan fingerprint density at radius 1 is 1.50 bits per heavy atom. The van der Waals surface area contributed by atoms with Gasteiger partial charge in [-0.1, -0.05) is 13.8 Å². The number of nitrogens with zero attached hydrogens (tertiary/aromatic N) is 1. The highest BCUT2D eigenvalue weighted by Crippen LogP contribution is 2.50. The highest BCUT2D eigenvalue weighted by atomic mass is 16.7. The van der Waals surface area contributed by atoms with E-state index in [1.165, 1.54) is 5.06 Å². The van der Waals surface area contributed by atoms with Crippen LogP contribution in [-0.4, -0.2) is 42.4 Å². The Labute approximate surface area is 109 Å². The fraction of sp³-hybridized carbons (Fsp3) is 0.923. The van der Waals surface area contributed by atoms with Gasteiger partial charge >= 0.3 is 0 Å². The second kappa shape index (κ2) is 4.79. The summed E-state index contributed by atoms with van der Waals surface area (Å²) in [4.78, 5) is 17.9. The first kappa shape index (κ1) is 13.8. The van der Waals surface area contributed by atoms with Gasteiger partial charge in [0.15, 0.2) is 0 Å². The van der Waals surface area contributed by atoms with Crippen LogP contribution in [0.25, 0.3) is 0 Å². The van der Waals surface area contributed by atoms with Crippen LogP contribution in [0.3, 0.4) is 0 Å². The minimum absolute atomic E-state index is 0.0567. The molecule has 104 valence electrons. The maximum atomic E-state index is 12.5. The van der Waals surface area contributed by atoms with E-state index in [-0.39, 0.29) is 17.4 Å². The maximum Gasteiger partial charge on any atom is 0.266 e. The van der Waals surface area contributed by atoms with Gasteiger partial charge in [-0.3, -0.25) is 9.63 Å². The molecule has 5 nitrogen and oxygen atoms in total. The quantitative estimate of drug-likeness (QED) is 0.820. The van der Waals surface area contributed by atoms with Crippen molar-refractivity contribution < 1.29 is 14.4 Å². The summed E-state index contributed by atoms with van der Waals surface area (Å²) >= 11 is 0. The highest BCUT2D eigenvalue weighted by molar-refractivity contribution is 5.88. The first-order valence-corrected chi connectivity index (χ1v) is 6.79. The lowest BCUT2D eigenvalue weighted by Gasteiger charge is -2.58. The number of ether oxygens (including phenoxy) is 1. The summed E-state index contributed by atoms with van der Waals surface area (Å²) in [6.07, 6.45) is 2.62. The monoisotopic (exact) mass is 256 g/mol. The molecule has 0 spiro atoms. The van der Waals surface area contributed by atoms with Gasteiger partial charge in [-0.2, -0.15) is 0 Å². The van der Waals surface area contributed by atoms with Crippen LogP contribution in [0, 0.1) is 5.41 Å². The Kier molecular flexibility index (Phi) is 3.67. The Hall–Kier alpha value is -0.650. The van der Waals surface area contributed by atoms with E-state index in [2.05, 4.69) is 0 Å². The van der Waals surface area contributed by atoms with E-state index in [0.29, 0.717) is 26.2 Å². The lowest BCUT2D eigenvalue weighted by atomic mass is 9.54. The summed E-state index contributed by atoms with van der Waals surface area (Å²) in [5, 5.41) is 1.45. The van der Waals surface area contributed by atoms with Gasteiger partial charge in [-0.05, 0) is 19.8 Å². The maximum absolute atomic E-state index is 12.5. The third-order valence-electron chi connectivity index (χ3n) is 4.44. The molecule has 2 unspecified atom stereocenters. The van der Waals surface area contributed by atoms with Gasteiger partial charge in [-0.15, -0.1) is 0 Å². The number of hydroxylamine groups is 2. The third-order valence-corrected chi connectivity index (χ3v) is 4.44. The predicted octanol–water partition coefficient (Wildman–Crippen LogP) is 1.07. The zero-order valence-corrected chi connectivity index (χ0v) is 11.6. The molecule has 1 saturated carbocycles. The van der Waals surface area contributed by atoms with Crippen molar-refractivity contribution in [3.8, 4) is 0 Å². The van der Waals surface area contributed by atoms with Gasteiger partial charge in [0.2, 0.25) is 0 Å². The highest BCUT2D eigenvalue weighted by Gasteiger charge is 2.64. The number of nitrogens with two attached hydrogens (primary N) is 1. The van der Waals surface area contributed by atoms with E-state index in [1.807, 2.05) is 20.8 Å². The molecule has 0 radical (unpaired) electrons. The fourth-order valence-electron chi connectivity index (χ4n) is 2.78. The minimum atomic E-state index is -0.857. The van der Waals surface area contributed by atoms with Crippen molar-refractivity contribution in [2.75, 3.05) is 19.8 Å². The molecule has 1 amide bonds. The number of hydrogen-bond donors (Lipinski definition) is 1. The van der Waals surface area contributed by atoms with Gasteiger partial charge in [0.25, 0.3) is 5.91 Å². The van der Waals surface area contributed by atoms with E-state index in [4.69, 9.17) is 15.3 Å². The molecule has 2 rings (SSSR count). The Morgan fingerprint density at radius 2 is 2.22 bits per heavy atom. The molecule has 5 heteroatoms. The molecular weight excluding hydrogens is 232 g/mol. The zero-order valence-electron chi connectivity index (χ0n) is 11.6. The van der Waals surface area contributed by atoms with Crippen LogP contribution in [0.5, 0.6) is 0 Å². The molecular formula is C13H24N2O3. The number of hydrogen-bond acceptors (Lipinski definition) is 4. The number of amides is 1. The summed E-state index contributed by atoms with van der Waals surface area (Å²) < 4.78 is 5.63. The van der Waals surface area contributed by atoms with Crippen LogP contribution in [0.2, 0.25) is 0 Å². The Bertz CT molecular complexity index is 326. The molecule has 2 atom stereocenters. The minimum Gasteiger partial charge on any atom is -0.378 e. The van der Waals surface area contributed by atoms with Crippen LogP contribution in [-0.2, 0) is 14.4 Å². The molecule has 0 aromatic carbocycles. The van der Waals surface area contributed by atoms with Crippen molar-refractivity contribution in [3.05, 3.63) is 0 Å². The fourth-order valence-corrected chi connectivity index (χ4v) is 2.78. The van der Waals surface area contributed by atoms with Crippen LogP contribution in [0.15, 0.2) is 0 Å². The van der Waals surface area contributed by atoms with E-state index >= 15 is 0 Å². The normalized spacial score (nSPS) is 35.1. The summed E-state index contributed by atoms with van der Waals surface area (Å²) in [7, 11) is 0. The molecule has 1 aliphatic carbocycles. The predicted molar refractivity (Wildman–Crippen MR) is 67.6 cm³/mol. The molecule has 2 fully saturated rings. The molecule has 2 N–H and O–H groups in total. The van der Waals surface area contributed by atoms with Crippen molar-refractivity contribution >= 4 is 5.91 Å². The van der Waals surface area contributed by atoms with Crippen molar-refractivity contribution in [2.24, 2.45) is 11.1 Å². The zero-order chi connectivity index (χ0) is 13.4. The van der Waals surface area contributed by atoms with Crippen LogP contribution in [0.4, 0.5) is 0 Å². The topological polar surface area (TPSA) is 64.8 Å². The smallest absolute Gasteiger partial charge is 0.266 e. The van der Waals surface area contributed by atoms with Gasteiger partial charge < -0.3 is 10.5 Å². The number of rotatable bonds is 3. The second-order valence-corrected chi connectivity index (χ2v) is 5.79. The largest absolute Gasteiger partial charge is 0.378 e. The average Bonchev–Trinajstić information content (AvgIpc) is 2.38. The van der Waals surface area contributed by atoms with E-state index in [1.54, 1.807) is 0 Å². The van der Waals surface area contributed by atoms with Crippen LogP contribution < -0.4 is 5.73 Å². The molecule has 2 aliphatic rings. The van der Waals surface area contributed by atoms with E-state index in [0.717, 1.165) is 12.8 Å². The number of carbonyl (C=O) groups excluding carboxylic acids is 1. The molecule has 0 aromatic rings. The first-order valence-electron chi connectivity index (χ1n) is 6.79. The molecule has 1 saturated heterocycles. The van der Waals surface area contributed by atoms with Crippen LogP contribution >= 0.6 is 0 Å².